The van der Waals surface area contributed by atoms with Gasteiger partial charge in [-0.15, -0.1) is 0 Å². The number of esters is 2. The summed E-state index contributed by atoms with van der Waals surface area (Å²) in [5, 5.41) is 8.29. The minimum atomic E-state index is -0.995. The highest BCUT2D eigenvalue weighted by Gasteiger charge is 2.42. The van der Waals surface area contributed by atoms with Gasteiger partial charge in [0.2, 0.25) is 5.90 Å². The highest BCUT2D eigenvalue weighted by atomic mass is 16.5. The maximum absolute atomic E-state index is 12.7. The van der Waals surface area contributed by atoms with E-state index in [4.69, 9.17) is 19.6 Å². The molecule has 1 heterocycles. The summed E-state index contributed by atoms with van der Waals surface area (Å²) in [6.45, 7) is 10.4. The molecule has 0 saturated heterocycles. The van der Waals surface area contributed by atoms with E-state index in [-0.39, 0.29) is 30.9 Å². The maximum Gasteiger partial charge on any atom is 0.319 e. The second kappa shape index (κ2) is 9.55. The van der Waals surface area contributed by atoms with Crippen LogP contribution in [-0.4, -0.2) is 31.1 Å². The maximum atomic E-state index is 12.7. The summed E-state index contributed by atoms with van der Waals surface area (Å²) in [4.78, 5) is 25.0. The Kier molecular flexibility index (Phi) is 7.02. The lowest BCUT2D eigenvalue weighted by Gasteiger charge is -2.32. The Morgan fingerprint density at radius 1 is 0.969 bits per heavy atom. The Hall–Kier alpha value is -3.15. The third kappa shape index (κ3) is 5.01. The van der Waals surface area contributed by atoms with Gasteiger partial charge in [0.1, 0.15) is 11.7 Å². The highest BCUT2D eigenvalue weighted by molar-refractivity contribution is 6.00. The van der Waals surface area contributed by atoms with Gasteiger partial charge in [-0.25, -0.2) is 0 Å². The van der Waals surface area contributed by atoms with Gasteiger partial charge in [0.05, 0.1) is 19.6 Å². The van der Waals surface area contributed by atoms with Crippen LogP contribution >= 0.6 is 0 Å². The fourth-order valence-corrected chi connectivity index (χ4v) is 3.95. The molecule has 0 fully saturated rings. The Morgan fingerprint density at radius 3 is 2.19 bits per heavy atom. The Bertz CT molecular complexity index is 1000. The predicted octanol–water partition coefficient (Wildman–Crippen LogP) is 5.24. The molecule has 1 N–H and O–H groups in total. The molecule has 2 atom stereocenters. The average Bonchev–Trinajstić information content (AvgIpc) is 2.73. The van der Waals surface area contributed by atoms with Crippen molar-refractivity contribution in [3.05, 3.63) is 53.6 Å². The van der Waals surface area contributed by atoms with Crippen molar-refractivity contribution in [3.8, 4) is 16.9 Å². The monoisotopic (exact) mass is 437 g/mol. The van der Waals surface area contributed by atoms with Gasteiger partial charge in [-0.1, -0.05) is 51.1 Å². The van der Waals surface area contributed by atoms with E-state index in [2.05, 4.69) is 45.0 Å². The van der Waals surface area contributed by atoms with Crippen molar-refractivity contribution >= 4 is 17.8 Å². The second-order valence-electron chi connectivity index (χ2n) is 8.89. The van der Waals surface area contributed by atoms with Crippen LogP contribution in [0.2, 0.25) is 0 Å². The summed E-state index contributed by atoms with van der Waals surface area (Å²) >= 11 is 0. The normalized spacial score (nSPS) is 17.8. The zero-order valence-electron chi connectivity index (χ0n) is 19.4. The van der Waals surface area contributed by atoms with Crippen molar-refractivity contribution in [2.24, 2.45) is 5.92 Å². The molecule has 1 aliphatic heterocycles. The van der Waals surface area contributed by atoms with E-state index >= 15 is 0 Å². The minimum absolute atomic E-state index is 0.0392. The van der Waals surface area contributed by atoms with Gasteiger partial charge >= 0.3 is 11.9 Å². The first-order valence-electron chi connectivity index (χ1n) is 11.0. The number of nitrogens with one attached hydrogen (secondary N) is 1. The predicted molar refractivity (Wildman–Crippen MR) is 123 cm³/mol. The van der Waals surface area contributed by atoms with Crippen molar-refractivity contribution in [2.75, 3.05) is 13.2 Å². The Labute approximate surface area is 189 Å². The zero-order valence-corrected chi connectivity index (χ0v) is 19.4. The molecule has 2 aromatic carbocycles. The summed E-state index contributed by atoms with van der Waals surface area (Å²) in [6, 6.07) is 14.0. The van der Waals surface area contributed by atoms with Crippen molar-refractivity contribution in [1.29, 1.82) is 5.41 Å². The van der Waals surface area contributed by atoms with Crippen molar-refractivity contribution < 1.29 is 23.8 Å². The molecule has 6 nitrogen and oxygen atoms in total. The Balaban J connectivity index is 2.03. The number of rotatable bonds is 6. The van der Waals surface area contributed by atoms with Crippen LogP contribution in [0, 0.1) is 11.3 Å². The number of fused-ring (bicyclic) bond motifs is 1. The first-order valence-corrected chi connectivity index (χ1v) is 11.0. The quantitative estimate of drug-likeness (QED) is 0.625. The molecule has 0 spiro atoms. The van der Waals surface area contributed by atoms with Crippen molar-refractivity contribution in [1.82, 2.24) is 0 Å². The largest absolute Gasteiger partial charge is 0.466 e. The number of hydrogen-bond acceptors (Lipinski definition) is 6. The molecule has 0 aromatic heterocycles. The molecule has 0 saturated carbocycles. The molecule has 6 heteroatoms. The van der Waals surface area contributed by atoms with Crippen LogP contribution in [-0.2, 0) is 24.5 Å². The molecule has 0 aliphatic carbocycles. The molecule has 0 radical (unpaired) electrons. The number of benzene rings is 2. The van der Waals surface area contributed by atoms with Gasteiger partial charge in [0.25, 0.3) is 0 Å². The minimum Gasteiger partial charge on any atom is -0.466 e. The van der Waals surface area contributed by atoms with Gasteiger partial charge in [0, 0.05) is 11.5 Å². The first-order chi connectivity index (χ1) is 15.2. The number of carbonyl (C=O) groups excluding carboxylic acids is 2. The second-order valence-corrected chi connectivity index (χ2v) is 8.89. The van der Waals surface area contributed by atoms with E-state index < -0.39 is 23.8 Å². The summed E-state index contributed by atoms with van der Waals surface area (Å²) in [6.07, 6.45) is -0.0392. The highest BCUT2D eigenvalue weighted by Crippen LogP contribution is 2.43. The van der Waals surface area contributed by atoms with Crippen LogP contribution in [0.3, 0.4) is 0 Å². The van der Waals surface area contributed by atoms with Gasteiger partial charge in [0.15, 0.2) is 0 Å². The number of carbonyl (C=O) groups is 2. The smallest absolute Gasteiger partial charge is 0.319 e. The molecular formula is C26H31NO5. The van der Waals surface area contributed by atoms with Crippen molar-refractivity contribution in [2.45, 2.75) is 52.4 Å². The number of ether oxygens (including phenoxy) is 3. The van der Waals surface area contributed by atoms with E-state index in [9.17, 15) is 9.59 Å². The third-order valence-corrected chi connectivity index (χ3v) is 5.63. The zero-order chi connectivity index (χ0) is 23.5. The van der Waals surface area contributed by atoms with E-state index in [0.717, 1.165) is 11.1 Å². The fourth-order valence-electron chi connectivity index (χ4n) is 3.95. The Morgan fingerprint density at radius 2 is 1.59 bits per heavy atom. The molecule has 1 aliphatic rings. The fraction of sp³-hybridized carbons (Fsp3) is 0.423. The SMILES string of the molecule is CCOC(=O)CC1c2cc(-c3ccc(C(C)(C)C)cc3)ccc2OC(=N)C1C(=O)OCC. The summed E-state index contributed by atoms with van der Waals surface area (Å²) in [5.41, 5.74) is 3.95. The molecule has 170 valence electrons. The molecule has 0 bridgehead atoms. The lowest BCUT2D eigenvalue weighted by molar-refractivity contribution is -0.148. The van der Waals surface area contributed by atoms with Gasteiger partial charge in [-0.05, 0) is 48.1 Å². The first kappa shape index (κ1) is 23.5. The van der Waals surface area contributed by atoms with Crippen LogP contribution in [0.25, 0.3) is 11.1 Å². The van der Waals surface area contributed by atoms with Gasteiger partial charge in [-0.3, -0.25) is 15.0 Å². The topological polar surface area (TPSA) is 85.7 Å². The van der Waals surface area contributed by atoms with Crippen LogP contribution in [0.5, 0.6) is 5.75 Å². The summed E-state index contributed by atoms with van der Waals surface area (Å²) in [7, 11) is 0. The molecule has 32 heavy (non-hydrogen) atoms. The van der Waals surface area contributed by atoms with Crippen LogP contribution < -0.4 is 4.74 Å². The molecule has 0 amide bonds. The molecule has 2 unspecified atom stereocenters. The standard InChI is InChI=1S/C26H31NO5/c1-6-30-22(28)15-20-19-14-17(16-8-11-18(12-9-16)26(3,4)5)10-13-21(19)32-24(27)23(20)25(29)31-7-2/h8-14,20,23,27H,6-7,15H2,1-5H3. The lowest BCUT2D eigenvalue weighted by atomic mass is 9.79. The van der Waals surface area contributed by atoms with E-state index in [0.29, 0.717) is 11.3 Å². The molecule has 3 rings (SSSR count). The van der Waals surface area contributed by atoms with Gasteiger partial charge < -0.3 is 14.2 Å². The molecular weight excluding hydrogens is 406 g/mol. The molecule has 2 aromatic rings. The van der Waals surface area contributed by atoms with Crippen molar-refractivity contribution in [3.63, 3.8) is 0 Å². The van der Waals surface area contributed by atoms with Crippen LogP contribution in [0.15, 0.2) is 42.5 Å². The average molecular weight is 438 g/mol. The third-order valence-electron chi connectivity index (χ3n) is 5.63. The van der Waals surface area contributed by atoms with Crippen LogP contribution in [0.1, 0.15) is 58.1 Å². The van der Waals surface area contributed by atoms with E-state index in [1.165, 1.54) is 5.56 Å². The summed E-state index contributed by atoms with van der Waals surface area (Å²) < 4.78 is 16.0. The number of hydrogen-bond donors (Lipinski definition) is 1. The summed E-state index contributed by atoms with van der Waals surface area (Å²) in [5.74, 6) is -2.33. The van der Waals surface area contributed by atoms with Gasteiger partial charge in [-0.2, -0.15) is 0 Å². The van der Waals surface area contributed by atoms with Crippen LogP contribution in [0.4, 0.5) is 0 Å². The van der Waals surface area contributed by atoms with E-state index in [1.807, 2.05) is 12.1 Å². The lowest BCUT2D eigenvalue weighted by Crippen LogP contribution is -2.39. The van der Waals surface area contributed by atoms with E-state index in [1.54, 1.807) is 19.9 Å².